The van der Waals surface area contributed by atoms with Gasteiger partial charge in [0, 0.05) is 56.4 Å². The third-order valence-corrected chi connectivity index (χ3v) is 6.58. The van der Waals surface area contributed by atoms with Gasteiger partial charge >= 0.3 is 6.09 Å². The van der Waals surface area contributed by atoms with Crippen molar-refractivity contribution >= 4 is 23.6 Å². The number of piperazine rings is 1. The number of alkyl halides is 1. The number of benzene rings is 1. The second-order valence-electron chi connectivity index (χ2n) is 8.45. The predicted octanol–water partition coefficient (Wildman–Crippen LogP) is 1.70. The number of piperidine rings is 2. The molecule has 0 bridgehead atoms. The van der Waals surface area contributed by atoms with Gasteiger partial charge in [-0.05, 0) is 25.0 Å². The van der Waals surface area contributed by atoms with Crippen LogP contribution in [0.4, 0.5) is 23.7 Å². The number of carbonyl (C=O) groups excluding carboxylic acids is 2. The molecule has 3 heterocycles. The lowest BCUT2D eigenvalue weighted by Gasteiger charge is -2.44. The highest BCUT2D eigenvalue weighted by molar-refractivity contribution is 6.01. The summed E-state index contributed by atoms with van der Waals surface area (Å²) in [5, 5.41) is 11.1. The maximum Gasteiger partial charge on any atom is 0.407 e. The summed E-state index contributed by atoms with van der Waals surface area (Å²) in [6.07, 6.45) is -1.77. The van der Waals surface area contributed by atoms with Crippen molar-refractivity contribution in [1.82, 2.24) is 15.1 Å². The minimum atomic E-state index is -1.26. The Morgan fingerprint density at radius 3 is 2.25 bits per heavy atom. The summed E-state index contributed by atoms with van der Waals surface area (Å²) in [4.78, 5) is 39.2. The molecule has 11 heteroatoms. The molecule has 8 nitrogen and oxygen atoms in total. The van der Waals surface area contributed by atoms with Crippen LogP contribution in [-0.4, -0.2) is 84.3 Å². The molecule has 1 aromatic carbocycles. The summed E-state index contributed by atoms with van der Waals surface area (Å²) >= 11 is 0. The van der Waals surface area contributed by atoms with E-state index in [1.165, 1.54) is 4.90 Å². The highest BCUT2D eigenvalue weighted by Crippen LogP contribution is 2.33. The van der Waals surface area contributed by atoms with Crippen molar-refractivity contribution in [2.75, 3.05) is 44.2 Å². The van der Waals surface area contributed by atoms with E-state index in [-0.39, 0.29) is 36.7 Å². The Morgan fingerprint density at radius 1 is 1.03 bits per heavy atom. The van der Waals surface area contributed by atoms with E-state index in [0.29, 0.717) is 39.1 Å². The van der Waals surface area contributed by atoms with Gasteiger partial charge in [-0.15, -0.1) is 0 Å². The van der Waals surface area contributed by atoms with E-state index < -0.39 is 41.6 Å². The first-order valence-corrected chi connectivity index (χ1v) is 10.7. The summed E-state index contributed by atoms with van der Waals surface area (Å²) in [5.74, 6) is -4.05. The SMILES string of the molecule is O=C1CCC(c2c(F)cc(N3CC[C@H](N4CCN(C(=O)O)CC4)[C@H](F)C3)cc2F)C(=O)N1. The average Bonchev–Trinajstić information content (AvgIpc) is 2.74. The molecule has 4 rings (SSSR count). The molecule has 3 amide bonds. The number of hydrogen-bond acceptors (Lipinski definition) is 5. The quantitative estimate of drug-likeness (QED) is 0.676. The fraction of sp³-hybridized carbons (Fsp3) is 0.571. The molecule has 0 aliphatic carbocycles. The van der Waals surface area contributed by atoms with Gasteiger partial charge in [0.05, 0.1) is 12.5 Å². The van der Waals surface area contributed by atoms with Gasteiger partial charge in [0.15, 0.2) is 0 Å². The Kier molecular flexibility index (Phi) is 6.27. The molecule has 0 spiro atoms. The zero-order valence-electron chi connectivity index (χ0n) is 17.4. The molecule has 0 radical (unpaired) electrons. The average molecular weight is 454 g/mol. The molecule has 3 aliphatic rings. The van der Waals surface area contributed by atoms with E-state index in [9.17, 15) is 27.6 Å². The lowest BCUT2D eigenvalue weighted by molar-refractivity contribution is -0.134. The Hall–Kier alpha value is -2.82. The van der Waals surface area contributed by atoms with Crippen LogP contribution in [0, 0.1) is 11.6 Å². The van der Waals surface area contributed by atoms with Crippen molar-refractivity contribution in [2.45, 2.75) is 37.4 Å². The van der Waals surface area contributed by atoms with Crippen LogP contribution in [0.15, 0.2) is 12.1 Å². The predicted molar refractivity (Wildman–Crippen MR) is 108 cm³/mol. The van der Waals surface area contributed by atoms with E-state index in [0.717, 1.165) is 12.1 Å². The molecule has 32 heavy (non-hydrogen) atoms. The van der Waals surface area contributed by atoms with E-state index in [1.54, 1.807) is 4.90 Å². The normalized spacial score (nSPS) is 27.4. The van der Waals surface area contributed by atoms with Crippen LogP contribution < -0.4 is 10.2 Å². The third-order valence-electron chi connectivity index (χ3n) is 6.58. The zero-order chi connectivity index (χ0) is 23.0. The van der Waals surface area contributed by atoms with Gasteiger partial charge in [0.2, 0.25) is 11.8 Å². The Balaban J connectivity index is 1.43. The lowest BCUT2D eigenvalue weighted by atomic mass is 9.89. The largest absolute Gasteiger partial charge is 0.465 e. The minimum Gasteiger partial charge on any atom is -0.465 e. The second-order valence-corrected chi connectivity index (χ2v) is 8.45. The van der Waals surface area contributed by atoms with E-state index in [4.69, 9.17) is 5.11 Å². The van der Waals surface area contributed by atoms with Gasteiger partial charge in [-0.25, -0.2) is 18.0 Å². The van der Waals surface area contributed by atoms with Crippen LogP contribution in [0.5, 0.6) is 0 Å². The first-order chi connectivity index (χ1) is 15.2. The van der Waals surface area contributed by atoms with Crippen LogP contribution in [0.3, 0.4) is 0 Å². The molecule has 3 aliphatic heterocycles. The smallest absolute Gasteiger partial charge is 0.407 e. The van der Waals surface area contributed by atoms with Gasteiger partial charge in [0.25, 0.3) is 0 Å². The van der Waals surface area contributed by atoms with Crippen LogP contribution in [0.1, 0.15) is 30.7 Å². The number of halogens is 3. The van der Waals surface area contributed by atoms with Crippen molar-refractivity contribution in [3.63, 3.8) is 0 Å². The van der Waals surface area contributed by atoms with Crippen molar-refractivity contribution in [3.8, 4) is 0 Å². The lowest BCUT2D eigenvalue weighted by Crippen LogP contribution is -2.58. The maximum absolute atomic E-state index is 15.0. The van der Waals surface area contributed by atoms with Gasteiger partial charge in [-0.2, -0.15) is 0 Å². The van der Waals surface area contributed by atoms with E-state index in [2.05, 4.69) is 5.32 Å². The molecule has 1 aromatic rings. The summed E-state index contributed by atoms with van der Waals surface area (Å²) in [6.45, 7) is 1.88. The maximum atomic E-state index is 15.0. The Labute approximate surface area is 182 Å². The fourth-order valence-corrected chi connectivity index (χ4v) is 4.84. The molecule has 3 saturated heterocycles. The Morgan fingerprint density at radius 2 is 1.69 bits per heavy atom. The van der Waals surface area contributed by atoms with Crippen molar-refractivity contribution in [2.24, 2.45) is 0 Å². The highest BCUT2D eigenvalue weighted by atomic mass is 19.1. The standard InChI is InChI=1S/C21H25F3N4O4/c22-14-9-12(10-15(23)19(14)13-1-2-18(29)25-20(13)30)28-4-3-17(16(24)11-28)26-5-7-27(8-6-26)21(31)32/h9-10,13,16-17H,1-8,11H2,(H,31,32)(H,25,29,30)/t13?,16-,17+/m1/s1. The summed E-state index contributed by atoms with van der Waals surface area (Å²) in [5.41, 5.74) is -0.172. The molecule has 0 saturated carbocycles. The number of hydrogen-bond donors (Lipinski definition) is 2. The van der Waals surface area contributed by atoms with Gasteiger partial charge in [0.1, 0.15) is 17.8 Å². The number of nitrogens with zero attached hydrogens (tertiary/aromatic N) is 3. The van der Waals surface area contributed by atoms with Gasteiger partial charge < -0.3 is 14.9 Å². The number of carboxylic acid groups (broad SMARTS) is 1. The molecular weight excluding hydrogens is 429 g/mol. The second kappa shape index (κ2) is 8.97. The molecule has 3 atom stereocenters. The fourth-order valence-electron chi connectivity index (χ4n) is 4.84. The minimum absolute atomic E-state index is 0.00874. The molecule has 174 valence electrons. The topological polar surface area (TPSA) is 93.2 Å². The van der Waals surface area contributed by atoms with Crippen molar-refractivity contribution in [3.05, 3.63) is 29.3 Å². The van der Waals surface area contributed by atoms with E-state index in [1.807, 2.05) is 4.90 Å². The van der Waals surface area contributed by atoms with Crippen LogP contribution in [0.25, 0.3) is 0 Å². The number of nitrogens with one attached hydrogen (secondary N) is 1. The highest BCUT2D eigenvalue weighted by Gasteiger charge is 2.37. The molecular formula is C21H25F3N4O4. The third kappa shape index (κ3) is 4.38. The number of imide groups is 1. The van der Waals surface area contributed by atoms with Crippen LogP contribution >= 0.6 is 0 Å². The van der Waals surface area contributed by atoms with Crippen LogP contribution in [-0.2, 0) is 9.59 Å². The summed E-state index contributed by atoms with van der Waals surface area (Å²) in [7, 11) is 0. The summed E-state index contributed by atoms with van der Waals surface area (Å²) < 4.78 is 44.6. The number of carbonyl (C=O) groups is 3. The molecule has 3 fully saturated rings. The van der Waals surface area contributed by atoms with Crippen molar-refractivity contribution in [1.29, 1.82) is 0 Å². The summed E-state index contributed by atoms with van der Waals surface area (Å²) in [6, 6.07) is 1.85. The number of amides is 3. The number of anilines is 1. The van der Waals surface area contributed by atoms with E-state index >= 15 is 0 Å². The Bertz CT molecular complexity index is 899. The number of rotatable bonds is 3. The first kappa shape index (κ1) is 22.4. The van der Waals surface area contributed by atoms with Gasteiger partial charge in [-0.1, -0.05) is 0 Å². The van der Waals surface area contributed by atoms with Crippen LogP contribution in [0.2, 0.25) is 0 Å². The monoisotopic (exact) mass is 454 g/mol. The zero-order valence-corrected chi connectivity index (χ0v) is 17.4. The van der Waals surface area contributed by atoms with Crippen molar-refractivity contribution < 1.29 is 32.7 Å². The molecule has 1 unspecified atom stereocenters. The first-order valence-electron chi connectivity index (χ1n) is 10.7. The van der Waals surface area contributed by atoms with Gasteiger partial charge in [-0.3, -0.25) is 19.8 Å². The molecule has 2 N–H and O–H groups in total. The molecule has 0 aromatic heterocycles.